The lowest BCUT2D eigenvalue weighted by Crippen LogP contribution is -2.27. The predicted octanol–water partition coefficient (Wildman–Crippen LogP) is 4.03. The summed E-state index contributed by atoms with van der Waals surface area (Å²) in [7, 11) is 1.40. The summed E-state index contributed by atoms with van der Waals surface area (Å²) in [4.78, 5) is 27.8. The molecular formula is C19H19N3O6S. The maximum Gasteiger partial charge on any atom is 0.286 e. The molecule has 9 nitrogen and oxygen atoms in total. The highest BCUT2D eigenvalue weighted by Crippen LogP contribution is 2.35. The van der Waals surface area contributed by atoms with Crippen LogP contribution in [-0.4, -0.2) is 22.9 Å². The van der Waals surface area contributed by atoms with Gasteiger partial charge in [0.1, 0.15) is 23.7 Å². The highest BCUT2D eigenvalue weighted by atomic mass is 32.1. The van der Waals surface area contributed by atoms with Crippen LogP contribution in [0, 0.1) is 17.0 Å². The van der Waals surface area contributed by atoms with E-state index in [1.165, 1.54) is 30.6 Å². The highest BCUT2D eigenvalue weighted by Gasteiger charge is 2.26. The Kier molecular flexibility index (Phi) is 6.13. The van der Waals surface area contributed by atoms with Crippen molar-refractivity contribution in [2.45, 2.75) is 26.5 Å². The number of hydrogen-bond acceptors (Lipinski definition) is 8. The molecule has 1 amide bonds. The minimum absolute atomic E-state index is 0.122. The Hall–Kier alpha value is -3.40. The van der Waals surface area contributed by atoms with Crippen LogP contribution in [0.15, 0.2) is 39.6 Å². The fourth-order valence-corrected chi connectivity index (χ4v) is 3.19. The molecular weight excluding hydrogens is 398 g/mol. The molecule has 152 valence electrons. The molecule has 0 aliphatic heterocycles. The molecule has 0 bridgehead atoms. The van der Waals surface area contributed by atoms with Gasteiger partial charge in [-0.2, -0.15) is 0 Å². The molecule has 2 aromatic heterocycles. The quantitative estimate of drug-likeness (QED) is 0.434. The number of furan rings is 1. The van der Waals surface area contributed by atoms with E-state index in [2.05, 4.69) is 10.3 Å². The van der Waals surface area contributed by atoms with Crippen LogP contribution in [0.1, 0.15) is 40.5 Å². The summed E-state index contributed by atoms with van der Waals surface area (Å²) in [6.07, 6.45) is 0. The molecule has 0 saturated carbocycles. The van der Waals surface area contributed by atoms with Crippen molar-refractivity contribution in [1.29, 1.82) is 0 Å². The fourth-order valence-electron chi connectivity index (χ4n) is 2.65. The number of carbonyl (C=O) groups is 1. The molecule has 10 heteroatoms. The van der Waals surface area contributed by atoms with E-state index in [0.717, 1.165) is 0 Å². The number of nitro groups is 1. The first-order valence-corrected chi connectivity index (χ1v) is 9.56. The molecule has 0 aliphatic carbocycles. The number of benzene rings is 1. The SMILES string of the molecule is COc1cc(C(=O)NC(C)c2ccc(C)o2)c([N+](=O)[O-])cc1OCc1cscn1. The van der Waals surface area contributed by atoms with Gasteiger partial charge in [0.2, 0.25) is 0 Å². The van der Waals surface area contributed by atoms with Gasteiger partial charge in [-0.3, -0.25) is 14.9 Å². The van der Waals surface area contributed by atoms with E-state index in [-0.39, 0.29) is 29.4 Å². The van der Waals surface area contributed by atoms with Crippen LogP contribution in [0.5, 0.6) is 11.5 Å². The molecule has 1 N–H and O–H groups in total. The summed E-state index contributed by atoms with van der Waals surface area (Å²) in [5.41, 5.74) is 1.82. The van der Waals surface area contributed by atoms with Crippen LogP contribution in [0.25, 0.3) is 0 Å². The number of amides is 1. The van der Waals surface area contributed by atoms with Crippen molar-refractivity contribution in [3.05, 3.63) is 68.0 Å². The number of aryl methyl sites for hydroxylation is 1. The molecule has 0 fully saturated rings. The van der Waals surface area contributed by atoms with Crippen molar-refractivity contribution in [1.82, 2.24) is 10.3 Å². The first-order valence-electron chi connectivity index (χ1n) is 8.62. The lowest BCUT2D eigenvalue weighted by atomic mass is 10.1. The van der Waals surface area contributed by atoms with Gasteiger partial charge in [0.15, 0.2) is 11.5 Å². The molecule has 0 aliphatic rings. The average Bonchev–Trinajstić information content (AvgIpc) is 3.37. The Morgan fingerprint density at radius 1 is 1.38 bits per heavy atom. The van der Waals surface area contributed by atoms with Crippen molar-refractivity contribution >= 4 is 22.9 Å². The van der Waals surface area contributed by atoms with E-state index in [4.69, 9.17) is 13.9 Å². The third-order valence-electron chi connectivity index (χ3n) is 4.12. The molecule has 0 spiro atoms. The van der Waals surface area contributed by atoms with Crippen molar-refractivity contribution < 1.29 is 23.6 Å². The Morgan fingerprint density at radius 2 is 2.17 bits per heavy atom. The Balaban J connectivity index is 1.86. The number of ether oxygens (including phenoxy) is 2. The molecule has 3 aromatic rings. The smallest absolute Gasteiger partial charge is 0.286 e. The first kappa shape index (κ1) is 20.3. The van der Waals surface area contributed by atoms with E-state index in [0.29, 0.717) is 17.2 Å². The minimum Gasteiger partial charge on any atom is -0.493 e. The number of rotatable bonds is 8. The van der Waals surface area contributed by atoms with E-state index < -0.39 is 16.9 Å². The topological polar surface area (TPSA) is 117 Å². The highest BCUT2D eigenvalue weighted by molar-refractivity contribution is 7.07. The predicted molar refractivity (Wildman–Crippen MR) is 105 cm³/mol. The molecule has 1 unspecified atom stereocenters. The van der Waals surface area contributed by atoms with Gasteiger partial charge in [-0.25, -0.2) is 4.98 Å². The van der Waals surface area contributed by atoms with Gasteiger partial charge in [-0.15, -0.1) is 11.3 Å². The normalized spacial score (nSPS) is 11.7. The number of methoxy groups -OCH3 is 1. The summed E-state index contributed by atoms with van der Waals surface area (Å²) in [6.45, 7) is 3.64. The molecule has 1 aromatic carbocycles. The zero-order valence-corrected chi connectivity index (χ0v) is 16.8. The number of hydrogen-bond donors (Lipinski definition) is 1. The molecule has 2 heterocycles. The van der Waals surface area contributed by atoms with Crippen LogP contribution in [-0.2, 0) is 6.61 Å². The second-order valence-electron chi connectivity index (χ2n) is 6.19. The second-order valence-corrected chi connectivity index (χ2v) is 6.91. The molecule has 1 atom stereocenters. The van der Waals surface area contributed by atoms with Crippen molar-refractivity contribution in [3.8, 4) is 11.5 Å². The number of nitro benzene ring substituents is 1. The third kappa shape index (κ3) is 4.72. The second kappa shape index (κ2) is 8.74. The van der Waals surface area contributed by atoms with Crippen molar-refractivity contribution in [2.75, 3.05) is 7.11 Å². The van der Waals surface area contributed by atoms with Crippen LogP contribution >= 0.6 is 11.3 Å². The Morgan fingerprint density at radius 3 is 2.76 bits per heavy atom. The van der Waals surface area contributed by atoms with Gasteiger partial charge in [0.25, 0.3) is 11.6 Å². The van der Waals surface area contributed by atoms with E-state index in [1.54, 1.807) is 36.9 Å². The zero-order chi connectivity index (χ0) is 21.0. The standard InChI is InChI=1S/C19H19N3O6S/c1-11-4-5-16(28-11)12(2)21-19(23)14-6-17(26-3)18(7-15(14)22(24)25)27-8-13-9-29-10-20-13/h4-7,9-10,12H,8H2,1-3H3,(H,21,23). The number of thiazole rings is 1. The lowest BCUT2D eigenvalue weighted by molar-refractivity contribution is -0.385. The maximum atomic E-state index is 12.7. The fraction of sp³-hybridized carbons (Fsp3) is 0.263. The largest absolute Gasteiger partial charge is 0.493 e. The number of aromatic nitrogens is 1. The number of nitrogens with zero attached hydrogens (tertiary/aromatic N) is 2. The molecule has 29 heavy (non-hydrogen) atoms. The van der Waals surface area contributed by atoms with Gasteiger partial charge >= 0.3 is 0 Å². The Labute approximate surface area is 170 Å². The number of carbonyl (C=O) groups excluding carboxylic acids is 1. The maximum absolute atomic E-state index is 12.7. The van der Waals surface area contributed by atoms with Gasteiger partial charge in [0, 0.05) is 11.4 Å². The van der Waals surface area contributed by atoms with Gasteiger partial charge in [-0.05, 0) is 26.0 Å². The minimum atomic E-state index is -0.633. The summed E-state index contributed by atoms with van der Waals surface area (Å²) in [5.74, 6) is 0.989. The third-order valence-corrected chi connectivity index (χ3v) is 4.75. The van der Waals surface area contributed by atoms with E-state index in [9.17, 15) is 14.9 Å². The molecule has 0 saturated heterocycles. The zero-order valence-electron chi connectivity index (χ0n) is 16.0. The first-order chi connectivity index (χ1) is 13.9. The Bertz CT molecular complexity index is 1020. The van der Waals surface area contributed by atoms with Gasteiger partial charge in [0.05, 0.1) is 35.3 Å². The van der Waals surface area contributed by atoms with Crippen LogP contribution in [0.4, 0.5) is 5.69 Å². The summed E-state index contributed by atoms with van der Waals surface area (Å²) in [5, 5.41) is 16.1. The van der Waals surface area contributed by atoms with Crippen LogP contribution < -0.4 is 14.8 Å². The average molecular weight is 417 g/mol. The lowest BCUT2D eigenvalue weighted by Gasteiger charge is -2.14. The summed E-state index contributed by atoms with van der Waals surface area (Å²) < 4.78 is 16.4. The number of nitrogens with one attached hydrogen (secondary N) is 1. The summed E-state index contributed by atoms with van der Waals surface area (Å²) >= 11 is 1.41. The van der Waals surface area contributed by atoms with E-state index in [1.807, 2.05) is 0 Å². The van der Waals surface area contributed by atoms with Gasteiger partial charge < -0.3 is 19.2 Å². The monoisotopic (exact) mass is 417 g/mol. The molecule has 3 rings (SSSR count). The van der Waals surface area contributed by atoms with Crippen molar-refractivity contribution in [3.63, 3.8) is 0 Å². The van der Waals surface area contributed by atoms with E-state index >= 15 is 0 Å². The summed E-state index contributed by atoms with van der Waals surface area (Å²) in [6, 6.07) is 5.52. The molecule has 0 radical (unpaired) electrons. The van der Waals surface area contributed by atoms with Gasteiger partial charge in [-0.1, -0.05) is 0 Å². The van der Waals surface area contributed by atoms with Crippen molar-refractivity contribution in [2.24, 2.45) is 0 Å². The van der Waals surface area contributed by atoms with Crippen LogP contribution in [0.3, 0.4) is 0 Å². The van der Waals surface area contributed by atoms with Crippen LogP contribution in [0.2, 0.25) is 0 Å².